The highest BCUT2D eigenvalue weighted by Gasteiger charge is 2.31. The van der Waals surface area contributed by atoms with Gasteiger partial charge in [-0.3, -0.25) is 19.4 Å². The van der Waals surface area contributed by atoms with Crippen LogP contribution in [0.4, 0.5) is 0 Å². The van der Waals surface area contributed by atoms with Crippen LogP contribution in [0.15, 0.2) is 18.2 Å². The molecule has 1 saturated carbocycles. The minimum Gasteiger partial charge on any atom is -0.348 e. The maximum absolute atomic E-state index is 12.7. The van der Waals surface area contributed by atoms with Gasteiger partial charge in [-0.25, -0.2) is 0 Å². The lowest BCUT2D eigenvalue weighted by Crippen LogP contribution is -2.55. The van der Waals surface area contributed by atoms with Gasteiger partial charge >= 0.3 is 0 Å². The number of likely N-dealkylation sites (tertiary alicyclic amines) is 1. The first-order valence-electron chi connectivity index (χ1n) is 11.1. The van der Waals surface area contributed by atoms with Gasteiger partial charge in [-0.15, -0.1) is 0 Å². The van der Waals surface area contributed by atoms with Crippen LogP contribution in [-0.4, -0.2) is 84.4 Å². The molecule has 0 bridgehead atoms. The average Bonchev–Trinajstić information content (AvgIpc) is 3.07. The highest BCUT2D eigenvalue weighted by Crippen LogP contribution is 2.25. The molecule has 4 rings (SSSR count). The molecule has 3 fully saturated rings. The average molecular weight is 399 g/mol. The lowest BCUT2D eigenvalue weighted by atomic mass is 9.91. The second kappa shape index (κ2) is 8.84. The van der Waals surface area contributed by atoms with Gasteiger partial charge in [0.05, 0.1) is 6.54 Å². The van der Waals surface area contributed by atoms with Gasteiger partial charge in [-0.05, 0) is 45.2 Å². The van der Waals surface area contributed by atoms with E-state index in [0.717, 1.165) is 68.4 Å². The van der Waals surface area contributed by atoms with Gasteiger partial charge in [0.25, 0.3) is 5.91 Å². The molecule has 2 heterocycles. The third kappa shape index (κ3) is 4.98. The Bertz CT molecular complexity index is 733. The summed E-state index contributed by atoms with van der Waals surface area (Å²) < 4.78 is 0. The molecule has 158 valence electrons. The quantitative estimate of drug-likeness (QED) is 0.822. The summed E-state index contributed by atoms with van der Waals surface area (Å²) in [6.07, 6.45) is 4.92. The number of rotatable bonds is 5. The second-order valence-corrected chi connectivity index (χ2v) is 9.07. The minimum absolute atomic E-state index is 0.0120. The van der Waals surface area contributed by atoms with E-state index in [0.29, 0.717) is 6.54 Å². The maximum Gasteiger partial charge on any atom is 0.251 e. The normalized spacial score (nSPS) is 23.8. The number of nitrogens with zero attached hydrogens (tertiary/aromatic N) is 3. The van der Waals surface area contributed by atoms with E-state index in [-0.39, 0.29) is 17.9 Å². The fourth-order valence-corrected chi connectivity index (χ4v) is 4.85. The molecule has 6 nitrogen and oxygen atoms in total. The Kier molecular flexibility index (Phi) is 6.20. The Hall–Kier alpha value is -1.92. The third-order valence-electron chi connectivity index (χ3n) is 6.71. The summed E-state index contributed by atoms with van der Waals surface area (Å²) >= 11 is 0. The first kappa shape index (κ1) is 20.4. The highest BCUT2D eigenvalue weighted by atomic mass is 16.2. The molecule has 0 aromatic heterocycles. The van der Waals surface area contributed by atoms with Crippen molar-refractivity contribution in [2.75, 3.05) is 45.8 Å². The molecule has 1 N–H and O–H groups in total. The van der Waals surface area contributed by atoms with Gasteiger partial charge in [0.1, 0.15) is 0 Å². The molecule has 1 aromatic carbocycles. The van der Waals surface area contributed by atoms with E-state index in [1.807, 2.05) is 30.9 Å². The van der Waals surface area contributed by atoms with Crippen LogP contribution >= 0.6 is 0 Å². The number of carbonyl (C=O) groups is 2. The SMILES string of the molecule is Cc1cc(C)cc(C(=O)NC2CCN(CC(=O)N3CCN(C4CCC4)CC3)C2)c1. The molecule has 6 heteroatoms. The van der Waals surface area contributed by atoms with Gasteiger partial charge < -0.3 is 10.2 Å². The Morgan fingerprint density at radius 3 is 2.28 bits per heavy atom. The van der Waals surface area contributed by atoms with Crippen molar-refractivity contribution in [3.05, 3.63) is 34.9 Å². The number of aryl methyl sites for hydroxylation is 2. The Morgan fingerprint density at radius 2 is 1.66 bits per heavy atom. The van der Waals surface area contributed by atoms with E-state index in [4.69, 9.17) is 0 Å². The van der Waals surface area contributed by atoms with Crippen LogP contribution in [0.25, 0.3) is 0 Å². The maximum atomic E-state index is 12.7. The molecule has 3 aliphatic rings. The number of carbonyl (C=O) groups excluding carboxylic acids is 2. The van der Waals surface area contributed by atoms with Crippen molar-refractivity contribution in [3.8, 4) is 0 Å². The van der Waals surface area contributed by atoms with Crippen molar-refractivity contribution in [2.24, 2.45) is 0 Å². The number of hydrogen-bond acceptors (Lipinski definition) is 4. The van der Waals surface area contributed by atoms with Crippen LogP contribution in [0.3, 0.4) is 0 Å². The van der Waals surface area contributed by atoms with Gasteiger partial charge in [-0.2, -0.15) is 0 Å². The standard InChI is InChI=1S/C23H34N4O2/c1-17-12-18(2)14-19(13-17)23(29)24-20-6-7-25(15-20)16-22(28)27-10-8-26(9-11-27)21-4-3-5-21/h12-14,20-21H,3-11,15-16H2,1-2H3,(H,24,29). The van der Waals surface area contributed by atoms with Crippen LogP contribution in [0.2, 0.25) is 0 Å². The third-order valence-corrected chi connectivity index (χ3v) is 6.71. The number of nitrogens with one attached hydrogen (secondary N) is 1. The van der Waals surface area contributed by atoms with Crippen molar-refractivity contribution in [2.45, 2.75) is 51.6 Å². The van der Waals surface area contributed by atoms with E-state index in [1.165, 1.54) is 19.3 Å². The Morgan fingerprint density at radius 1 is 0.966 bits per heavy atom. The molecule has 2 aliphatic heterocycles. The van der Waals surface area contributed by atoms with Crippen LogP contribution in [0.5, 0.6) is 0 Å². The number of piperazine rings is 1. The van der Waals surface area contributed by atoms with E-state index in [2.05, 4.69) is 21.2 Å². The summed E-state index contributed by atoms with van der Waals surface area (Å²) in [4.78, 5) is 32.1. The minimum atomic E-state index is -0.0120. The zero-order valence-corrected chi connectivity index (χ0v) is 17.8. The first-order valence-corrected chi connectivity index (χ1v) is 11.1. The van der Waals surface area contributed by atoms with E-state index < -0.39 is 0 Å². The molecular formula is C23H34N4O2. The lowest BCUT2D eigenvalue weighted by molar-refractivity contribution is -0.134. The molecule has 2 amide bonds. The fourth-order valence-electron chi connectivity index (χ4n) is 4.85. The number of benzene rings is 1. The summed E-state index contributed by atoms with van der Waals surface area (Å²) in [6.45, 7) is 9.87. The van der Waals surface area contributed by atoms with Crippen molar-refractivity contribution in [3.63, 3.8) is 0 Å². The molecule has 29 heavy (non-hydrogen) atoms. The summed E-state index contributed by atoms with van der Waals surface area (Å²) in [6, 6.07) is 6.83. The summed E-state index contributed by atoms with van der Waals surface area (Å²) in [5.41, 5.74) is 2.93. The first-order chi connectivity index (χ1) is 14.0. The number of hydrogen-bond donors (Lipinski definition) is 1. The summed E-state index contributed by atoms with van der Waals surface area (Å²) in [5, 5.41) is 3.15. The second-order valence-electron chi connectivity index (χ2n) is 9.07. The molecule has 1 aliphatic carbocycles. The Labute approximate surface area is 174 Å². The molecule has 0 spiro atoms. The van der Waals surface area contributed by atoms with Gasteiger partial charge in [-0.1, -0.05) is 23.6 Å². The van der Waals surface area contributed by atoms with Crippen LogP contribution in [0.1, 0.15) is 47.2 Å². The topological polar surface area (TPSA) is 55.9 Å². The highest BCUT2D eigenvalue weighted by molar-refractivity contribution is 5.94. The Balaban J connectivity index is 1.21. The largest absolute Gasteiger partial charge is 0.348 e. The molecule has 1 unspecified atom stereocenters. The van der Waals surface area contributed by atoms with Crippen LogP contribution < -0.4 is 5.32 Å². The molecule has 1 aromatic rings. The zero-order chi connectivity index (χ0) is 20.4. The van der Waals surface area contributed by atoms with E-state index >= 15 is 0 Å². The van der Waals surface area contributed by atoms with Crippen LogP contribution in [0, 0.1) is 13.8 Å². The van der Waals surface area contributed by atoms with Crippen molar-refractivity contribution >= 4 is 11.8 Å². The van der Waals surface area contributed by atoms with Gasteiger partial charge in [0, 0.05) is 56.9 Å². The summed E-state index contributed by atoms with van der Waals surface area (Å²) in [5.74, 6) is 0.224. The zero-order valence-electron chi connectivity index (χ0n) is 17.8. The molecule has 0 radical (unpaired) electrons. The van der Waals surface area contributed by atoms with Crippen molar-refractivity contribution in [1.29, 1.82) is 0 Å². The van der Waals surface area contributed by atoms with Crippen molar-refractivity contribution in [1.82, 2.24) is 20.0 Å². The monoisotopic (exact) mass is 398 g/mol. The molecular weight excluding hydrogens is 364 g/mol. The number of amides is 2. The van der Waals surface area contributed by atoms with Crippen LogP contribution in [-0.2, 0) is 4.79 Å². The summed E-state index contributed by atoms with van der Waals surface area (Å²) in [7, 11) is 0. The van der Waals surface area contributed by atoms with E-state index in [9.17, 15) is 9.59 Å². The van der Waals surface area contributed by atoms with E-state index in [1.54, 1.807) is 0 Å². The van der Waals surface area contributed by atoms with Crippen molar-refractivity contribution < 1.29 is 9.59 Å². The smallest absolute Gasteiger partial charge is 0.251 e. The predicted molar refractivity (Wildman–Crippen MR) is 114 cm³/mol. The van der Waals surface area contributed by atoms with Gasteiger partial charge in [0.15, 0.2) is 0 Å². The predicted octanol–water partition coefficient (Wildman–Crippen LogP) is 1.80. The lowest BCUT2D eigenvalue weighted by Gasteiger charge is -2.43. The fraction of sp³-hybridized carbons (Fsp3) is 0.652. The molecule has 2 saturated heterocycles. The molecule has 1 atom stereocenters. The van der Waals surface area contributed by atoms with Gasteiger partial charge in [0.2, 0.25) is 5.91 Å².